The minimum Gasteiger partial charge on any atom is -0.456 e. The average molecular weight is 1300 g/mol. The zero-order valence-electron chi connectivity index (χ0n) is 61.0. The van der Waals surface area contributed by atoms with Crippen molar-refractivity contribution in [3.63, 3.8) is 0 Å². The van der Waals surface area contributed by atoms with Gasteiger partial charge in [-0.3, -0.25) is 0 Å². The molecule has 530 valence electrons. The molecule has 0 atom stereocenters. The third-order valence-electron chi connectivity index (χ3n) is 20.0. The summed E-state index contributed by atoms with van der Waals surface area (Å²) in [7, 11) is 0. The van der Waals surface area contributed by atoms with E-state index in [0.717, 1.165) is 103 Å². The first-order chi connectivity index (χ1) is 43.6. The van der Waals surface area contributed by atoms with Crippen LogP contribution in [0.4, 0.5) is 0 Å². The minimum atomic E-state index is -0.292. The molecule has 7 fully saturated rings. The highest BCUT2D eigenvalue weighted by atomic mass is 16.6. The topological polar surface area (TPSA) is 184 Å². The molecule has 0 bridgehead atoms. The van der Waals surface area contributed by atoms with Gasteiger partial charge in [-0.15, -0.1) is 0 Å². The Morgan fingerprint density at radius 2 is 0.527 bits per heavy atom. The second kappa shape index (κ2) is 42.8. The summed E-state index contributed by atoms with van der Waals surface area (Å²) in [6.07, 6.45) is 43.6. The van der Waals surface area contributed by atoms with Gasteiger partial charge in [0, 0.05) is 40.5 Å². The first-order valence-electron chi connectivity index (χ1n) is 35.7. The van der Waals surface area contributed by atoms with E-state index >= 15 is 0 Å². The first kappa shape index (κ1) is 85.5. The Bertz CT molecular complexity index is 2400. The lowest BCUT2D eigenvalue weighted by Gasteiger charge is -2.40. The van der Waals surface area contributed by atoms with Crippen LogP contribution in [0.25, 0.3) is 0 Å². The van der Waals surface area contributed by atoms with Crippen LogP contribution in [0.15, 0.2) is 86.6 Å². The van der Waals surface area contributed by atoms with Crippen LogP contribution in [-0.2, 0) is 66.7 Å². The fourth-order valence-corrected chi connectivity index (χ4v) is 13.3. The van der Waals surface area contributed by atoms with Gasteiger partial charge in [0.25, 0.3) is 0 Å². The number of carbonyl (C=O) groups excluding carboxylic acids is 7. The van der Waals surface area contributed by atoms with Crippen LogP contribution in [-0.4, -0.2) is 81.0 Å². The molecule has 14 nitrogen and oxygen atoms in total. The molecule has 14 heteroatoms. The van der Waals surface area contributed by atoms with E-state index in [-0.39, 0.29) is 81.0 Å². The van der Waals surface area contributed by atoms with Crippen LogP contribution < -0.4 is 0 Å². The maximum absolute atomic E-state index is 11.6. The standard InChI is InChI=1S/C13H22O2.2C12H20O2.2C11H18O2.2C10H16O2/c1-10(2)12(14)15-13(11(3)4)8-6-5-7-9-13;1-4-12(8-6-5-7-9-12)14-11(13)10(2)3;1-4-11(13)14-12(10(2)3)8-6-5-7-9-12;1-9(2)10(12)13-11(3)7-5-4-6-8-11;1-3-10(12)13-11(4-2)8-6-5-7-9-11;1-8(2)9(11)12-10(3)6-4-5-7-10;1-3-9(11)12-10(2)7-5-4-6-8-10/h11H,1,5-9H2,2-4H3;2,4-9H2,1,3H3;4,10H,1,5-9H2,2-3H3;1,4-8H2,2-3H3;3H,1,4-9H2,2H3;1,4-7H2,2-3H3;3H,1,4-8H2,2H3. The summed E-state index contributed by atoms with van der Waals surface area (Å²) in [4.78, 5) is 78.8. The average Bonchev–Trinajstić information content (AvgIpc) is 1.60. The molecule has 0 aromatic carbocycles. The molecule has 7 aliphatic rings. The van der Waals surface area contributed by atoms with Gasteiger partial charge in [-0.1, -0.05) is 126 Å². The molecule has 0 N–H and O–H groups in total. The van der Waals surface area contributed by atoms with Crippen molar-refractivity contribution in [3.8, 4) is 0 Å². The largest absolute Gasteiger partial charge is 0.456 e. The number of esters is 7. The molecule has 0 amide bonds. The summed E-state index contributed by atoms with van der Waals surface area (Å²) in [5, 5.41) is 0. The Balaban J connectivity index is 0.000000543. The minimum absolute atomic E-state index is 0.177. The Hall–Kier alpha value is -5.53. The van der Waals surface area contributed by atoms with E-state index in [1.807, 2.05) is 20.8 Å². The summed E-state index contributed by atoms with van der Waals surface area (Å²) in [6.45, 7) is 50.1. The Morgan fingerprint density at radius 1 is 0.312 bits per heavy atom. The van der Waals surface area contributed by atoms with Gasteiger partial charge < -0.3 is 33.2 Å². The first-order valence-corrected chi connectivity index (χ1v) is 35.7. The second-order valence-electron chi connectivity index (χ2n) is 29.0. The van der Waals surface area contributed by atoms with Gasteiger partial charge in [-0.2, -0.15) is 0 Å². The predicted molar refractivity (Wildman–Crippen MR) is 376 cm³/mol. The molecule has 0 aliphatic heterocycles. The maximum Gasteiger partial charge on any atom is 0.333 e. The van der Waals surface area contributed by atoms with Gasteiger partial charge in [0.15, 0.2) is 0 Å². The van der Waals surface area contributed by atoms with E-state index in [0.29, 0.717) is 34.1 Å². The molecule has 0 heterocycles. The summed E-state index contributed by atoms with van der Waals surface area (Å²) >= 11 is 0. The van der Waals surface area contributed by atoms with Crippen LogP contribution in [0, 0.1) is 11.8 Å². The monoisotopic (exact) mass is 1300 g/mol. The van der Waals surface area contributed by atoms with Gasteiger partial charge in [0.05, 0.1) is 0 Å². The number of hydrogen-bond donors (Lipinski definition) is 0. The van der Waals surface area contributed by atoms with Gasteiger partial charge in [0.2, 0.25) is 0 Å². The Kier molecular flexibility index (Phi) is 39.3. The highest BCUT2D eigenvalue weighted by molar-refractivity contribution is 5.89. The lowest BCUT2D eigenvalue weighted by Crippen LogP contribution is -2.42. The van der Waals surface area contributed by atoms with Crippen molar-refractivity contribution in [1.82, 2.24) is 0 Å². The highest BCUT2D eigenvalue weighted by Gasteiger charge is 2.41. The Labute approximate surface area is 564 Å². The SMILES string of the molecule is C=C(C)C(=O)OC1(C(C)C)CCCCC1.C=C(C)C(=O)OC1(C)CCCC1.C=C(C)C(=O)OC1(C)CCCCC1.C=C(C)C(=O)OC1(CC)CCCCC1.C=CC(=O)OC1(C(C)C)CCCCC1.C=CC(=O)OC1(C)CCCCC1.C=CC(=O)OC1(CC)CCCCC1. The van der Waals surface area contributed by atoms with E-state index < -0.39 is 0 Å². The smallest absolute Gasteiger partial charge is 0.333 e. The molecule has 0 aromatic heterocycles. The molecular formula is C79H130O14. The van der Waals surface area contributed by atoms with Crippen molar-refractivity contribution in [2.24, 2.45) is 11.8 Å². The van der Waals surface area contributed by atoms with E-state index in [1.165, 1.54) is 147 Å². The molecular weight excluding hydrogens is 1170 g/mol. The summed E-state index contributed by atoms with van der Waals surface area (Å²) in [6, 6.07) is 0. The maximum atomic E-state index is 11.6. The zero-order valence-corrected chi connectivity index (χ0v) is 61.0. The van der Waals surface area contributed by atoms with Gasteiger partial charge in [-0.05, 0) is 253 Å². The van der Waals surface area contributed by atoms with Crippen molar-refractivity contribution in [1.29, 1.82) is 0 Å². The number of hydrogen-bond acceptors (Lipinski definition) is 14. The van der Waals surface area contributed by atoms with Crippen LogP contribution in [0.3, 0.4) is 0 Å². The van der Waals surface area contributed by atoms with Crippen molar-refractivity contribution >= 4 is 41.8 Å². The second-order valence-corrected chi connectivity index (χ2v) is 29.0. The van der Waals surface area contributed by atoms with Crippen molar-refractivity contribution in [3.05, 3.63) is 86.6 Å². The van der Waals surface area contributed by atoms with Crippen molar-refractivity contribution in [2.75, 3.05) is 0 Å². The summed E-state index contributed by atoms with van der Waals surface area (Å²) < 4.78 is 38.2. The lowest BCUT2D eigenvalue weighted by atomic mass is 9.77. The highest BCUT2D eigenvalue weighted by Crippen LogP contribution is 2.41. The fourth-order valence-electron chi connectivity index (χ4n) is 13.3. The van der Waals surface area contributed by atoms with Gasteiger partial charge in [0.1, 0.15) is 39.2 Å². The normalized spacial score (nSPS) is 20.5. The summed E-state index contributed by atoms with van der Waals surface area (Å²) in [5.74, 6) is -1.01. The molecule has 0 saturated heterocycles. The van der Waals surface area contributed by atoms with Gasteiger partial charge >= 0.3 is 41.8 Å². The predicted octanol–water partition coefficient (Wildman–Crippen LogP) is 20.3. The molecule has 0 spiro atoms. The summed E-state index contributed by atoms with van der Waals surface area (Å²) in [5.41, 5.74) is 0.516. The van der Waals surface area contributed by atoms with E-state index in [2.05, 4.69) is 87.6 Å². The number of carbonyl (C=O) groups is 7. The molecule has 7 rings (SSSR count). The van der Waals surface area contributed by atoms with Crippen LogP contribution in [0.1, 0.15) is 321 Å². The van der Waals surface area contributed by atoms with Crippen LogP contribution >= 0.6 is 0 Å². The molecule has 7 aliphatic carbocycles. The molecule has 0 radical (unpaired) electrons. The molecule has 93 heavy (non-hydrogen) atoms. The third-order valence-corrected chi connectivity index (χ3v) is 20.0. The van der Waals surface area contributed by atoms with Gasteiger partial charge in [-0.25, -0.2) is 33.6 Å². The van der Waals surface area contributed by atoms with Crippen LogP contribution in [0.5, 0.6) is 0 Å². The zero-order chi connectivity index (χ0) is 70.5. The molecule has 0 unspecified atom stereocenters. The Morgan fingerprint density at radius 3 is 0.806 bits per heavy atom. The van der Waals surface area contributed by atoms with Crippen molar-refractivity contribution in [2.45, 2.75) is 360 Å². The fraction of sp³-hybridized carbons (Fsp3) is 0.734. The number of rotatable bonds is 18. The number of ether oxygens (including phenoxy) is 7. The third kappa shape index (κ3) is 32.2. The molecule has 7 saturated carbocycles. The van der Waals surface area contributed by atoms with E-state index in [1.54, 1.807) is 27.7 Å². The van der Waals surface area contributed by atoms with E-state index in [9.17, 15) is 33.6 Å². The van der Waals surface area contributed by atoms with Crippen molar-refractivity contribution < 1.29 is 66.7 Å². The quantitative estimate of drug-likeness (QED) is 0.0717. The van der Waals surface area contributed by atoms with E-state index in [4.69, 9.17) is 33.2 Å². The lowest BCUT2D eigenvalue weighted by molar-refractivity contribution is -0.165. The van der Waals surface area contributed by atoms with Crippen LogP contribution in [0.2, 0.25) is 0 Å². The molecule has 0 aromatic rings.